The summed E-state index contributed by atoms with van der Waals surface area (Å²) in [5.74, 6) is -0.311. The number of nitrogens with one attached hydrogen (secondary N) is 3. The fourth-order valence-electron chi connectivity index (χ4n) is 3.11. The second-order valence-corrected chi connectivity index (χ2v) is 7.62. The molecule has 3 amide bonds. The highest BCUT2D eigenvalue weighted by Gasteiger charge is 2.16. The van der Waals surface area contributed by atoms with Crippen LogP contribution in [0.15, 0.2) is 54.6 Å². The predicted octanol–water partition coefficient (Wildman–Crippen LogP) is 3.36. The maximum Gasteiger partial charge on any atom is 0.407 e. The van der Waals surface area contributed by atoms with Gasteiger partial charge < -0.3 is 20.7 Å². The summed E-state index contributed by atoms with van der Waals surface area (Å²) in [6.07, 6.45) is 0.189. The molecule has 0 bridgehead atoms. The predicted molar refractivity (Wildman–Crippen MR) is 121 cm³/mol. The van der Waals surface area contributed by atoms with Gasteiger partial charge in [0.2, 0.25) is 5.91 Å². The van der Waals surface area contributed by atoms with Gasteiger partial charge >= 0.3 is 6.09 Å². The summed E-state index contributed by atoms with van der Waals surface area (Å²) in [5.41, 5.74) is 2.57. The minimum atomic E-state index is -0.505. The molecule has 0 aromatic heterocycles. The van der Waals surface area contributed by atoms with E-state index in [-0.39, 0.29) is 37.6 Å². The molecule has 0 fully saturated rings. The number of hydrogen-bond acceptors (Lipinski definition) is 4. The molecule has 31 heavy (non-hydrogen) atoms. The topological polar surface area (TPSA) is 96.5 Å². The summed E-state index contributed by atoms with van der Waals surface area (Å²) in [6.45, 7) is 6.20. The van der Waals surface area contributed by atoms with E-state index in [4.69, 9.17) is 4.74 Å². The molecule has 166 valence electrons. The zero-order valence-electron chi connectivity index (χ0n) is 18.3. The lowest BCUT2D eigenvalue weighted by molar-refractivity contribution is -0.120. The summed E-state index contributed by atoms with van der Waals surface area (Å²) in [6, 6.07) is 16.9. The SMILES string of the molecule is CCOC(=O)NC(CNC(=O)CNC(=O)c1ccc(-c2ccccc2)cc1)CC(C)C. The van der Waals surface area contributed by atoms with Gasteiger partial charge in [-0.05, 0) is 42.5 Å². The molecule has 1 atom stereocenters. The standard InChI is InChI=1S/C24H31N3O4/c1-4-31-24(30)27-21(14-17(2)3)15-25-22(28)16-26-23(29)20-12-10-19(11-13-20)18-8-6-5-7-9-18/h5-13,17,21H,4,14-16H2,1-3H3,(H,25,28)(H,26,29)(H,27,30). The van der Waals surface area contributed by atoms with Crippen molar-refractivity contribution < 1.29 is 19.1 Å². The second-order valence-electron chi connectivity index (χ2n) is 7.62. The molecule has 2 rings (SSSR count). The molecule has 0 spiro atoms. The zero-order valence-corrected chi connectivity index (χ0v) is 18.3. The van der Waals surface area contributed by atoms with Crippen LogP contribution in [0.4, 0.5) is 4.79 Å². The van der Waals surface area contributed by atoms with Gasteiger partial charge in [-0.3, -0.25) is 9.59 Å². The highest BCUT2D eigenvalue weighted by atomic mass is 16.5. The lowest BCUT2D eigenvalue weighted by Crippen LogP contribution is -2.46. The Hall–Kier alpha value is -3.35. The third kappa shape index (κ3) is 8.50. The molecule has 0 aliphatic heterocycles. The Balaban J connectivity index is 1.81. The number of carbonyl (C=O) groups is 3. The minimum Gasteiger partial charge on any atom is -0.450 e. The van der Waals surface area contributed by atoms with Gasteiger partial charge in [0, 0.05) is 18.2 Å². The highest BCUT2D eigenvalue weighted by molar-refractivity contribution is 5.96. The normalized spacial score (nSPS) is 11.5. The van der Waals surface area contributed by atoms with Gasteiger partial charge in [-0.25, -0.2) is 4.79 Å². The van der Waals surface area contributed by atoms with Crippen LogP contribution in [0.1, 0.15) is 37.6 Å². The Kier molecular flexibility index (Phi) is 9.55. The summed E-state index contributed by atoms with van der Waals surface area (Å²) in [7, 11) is 0. The van der Waals surface area contributed by atoms with Crippen molar-refractivity contribution in [1.82, 2.24) is 16.0 Å². The van der Waals surface area contributed by atoms with E-state index < -0.39 is 6.09 Å². The van der Waals surface area contributed by atoms with Crippen molar-refractivity contribution in [2.75, 3.05) is 19.7 Å². The Morgan fingerprint density at radius 1 is 0.903 bits per heavy atom. The molecular weight excluding hydrogens is 394 g/mol. The summed E-state index contributed by atoms with van der Waals surface area (Å²) in [5, 5.41) is 8.12. The first-order valence-electron chi connectivity index (χ1n) is 10.5. The van der Waals surface area contributed by atoms with Crippen molar-refractivity contribution in [3.63, 3.8) is 0 Å². The largest absolute Gasteiger partial charge is 0.450 e. The van der Waals surface area contributed by atoms with Gasteiger partial charge in [-0.2, -0.15) is 0 Å². The van der Waals surface area contributed by atoms with Crippen molar-refractivity contribution in [2.24, 2.45) is 5.92 Å². The number of hydrogen-bond donors (Lipinski definition) is 3. The monoisotopic (exact) mass is 425 g/mol. The Labute approximate surface area is 183 Å². The van der Waals surface area contributed by atoms with Crippen molar-refractivity contribution >= 4 is 17.9 Å². The smallest absolute Gasteiger partial charge is 0.407 e. The molecule has 0 aliphatic carbocycles. The lowest BCUT2D eigenvalue weighted by Gasteiger charge is -2.20. The van der Waals surface area contributed by atoms with E-state index in [9.17, 15) is 14.4 Å². The van der Waals surface area contributed by atoms with E-state index in [1.807, 2.05) is 56.3 Å². The number of alkyl carbamates (subject to hydrolysis) is 1. The van der Waals surface area contributed by atoms with Crippen molar-refractivity contribution in [3.05, 3.63) is 60.2 Å². The number of ether oxygens (including phenoxy) is 1. The molecule has 2 aromatic carbocycles. The van der Waals surface area contributed by atoms with Gasteiger partial charge in [0.15, 0.2) is 0 Å². The van der Waals surface area contributed by atoms with E-state index in [1.54, 1.807) is 19.1 Å². The fraction of sp³-hybridized carbons (Fsp3) is 0.375. The molecular formula is C24H31N3O4. The zero-order chi connectivity index (χ0) is 22.6. The molecule has 0 saturated carbocycles. The van der Waals surface area contributed by atoms with Crippen LogP contribution in [0.3, 0.4) is 0 Å². The second kappa shape index (κ2) is 12.4. The van der Waals surface area contributed by atoms with Crippen LogP contribution in [0.2, 0.25) is 0 Å². The van der Waals surface area contributed by atoms with Gasteiger partial charge in [0.25, 0.3) is 5.91 Å². The first-order chi connectivity index (χ1) is 14.9. The number of rotatable bonds is 10. The Morgan fingerprint density at radius 2 is 1.55 bits per heavy atom. The van der Waals surface area contributed by atoms with Crippen LogP contribution in [0, 0.1) is 5.92 Å². The van der Waals surface area contributed by atoms with Crippen LogP contribution in [-0.2, 0) is 9.53 Å². The molecule has 3 N–H and O–H groups in total. The first-order valence-corrected chi connectivity index (χ1v) is 10.5. The maximum atomic E-state index is 12.3. The van der Waals surface area contributed by atoms with E-state index >= 15 is 0 Å². The van der Waals surface area contributed by atoms with E-state index in [0.717, 1.165) is 11.1 Å². The average molecular weight is 426 g/mol. The van der Waals surface area contributed by atoms with E-state index in [0.29, 0.717) is 17.9 Å². The van der Waals surface area contributed by atoms with Crippen LogP contribution in [-0.4, -0.2) is 43.6 Å². The highest BCUT2D eigenvalue weighted by Crippen LogP contribution is 2.19. The fourth-order valence-corrected chi connectivity index (χ4v) is 3.11. The summed E-state index contributed by atoms with van der Waals surface area (Å²) < 4.78 is 4.91. The third-order valence-corrected chi connectivity index (χ3v) is 4.56. The first kappa shape index (κ1) is 23.9. The van der Waals surface area contributed by atoms with Gasteiger partial charge in [-0.15, -0.1) is 0 Å². The van der Waals surface area contributed by atoms with Crippen molar-refractivity contribution in [3.8, 4) is 11.1 Å². The van der Waals surface area contributed by atoms with Gasteiger partial charge in [-0.1, -0.05) is 56.3 Å². The molecule has 1 unspecified atom stereocenters. The average Bonchev–Trinajstić information content (AvgIpc) is 2.76. The quantitative estimate of drug-likeness (QED) is 0.544. The van der Waals surface area contributed by atoms with Gasteiger partial charge in [0.05, 0.1) is 13.2 Å². The van der Waals surface area contributed by atoms with E-state index in [1.165, 1.54) is 0 Å². The number of carbonyl (C=O) groups excluding carboxylic acids is 3. The van der Waals surface area contributed by atoms with Crippen LogP contribution < -0.4 is 16.0 Å². The maximum absolute atomic E-state index is 12.3. The Bertz CT molecular complexity index is 851. The summed E-state index contributed by atoms with van der Waals surface area (Å²) >= 11 is 0. The lowest BCUT2D eigenvalue weighted by atomic mass is 10.0. The van der Waals surface area contributed by atoms with Crippen molar-refractivity contribution in [1.29, 1.82) is 0 Å². The molecule has 7 heteroatoms. The van der Waals surface area contributed by atoms with Crippen molar-refractivity contribution in [2.45, 2.75) is 33.2 Å². The molecule has 0 heterocycles. The van der Waals surface area contributed by atoms with Crippen LogP contribution >= 0.6 is 0 Å². The van der Waals surface area contributed by atoms with E-state index in [2.05, 4.69) is 16.0 Å². The van der Waals surface area contributed by atoms with Crippen LogP contribution in [0.25, 0.3) is 11.1 Å². The third-order valence-electron chi connectivity index (χ3n) is 4.56. The molecule has 0 aliphatic rings. The molecule has 2 aromatic rings. The molecule has 0 radical (unpaired) electrons. The Morgan fingerprint density at radius 3 is 2.16 bits per heavy atom. The minimum absolute atomic E-state index is 0.146. The number of amides is 3. The molecule has 0 saturated heterocycles. The summed E-state index contributed by atoms with van der Waals surface area (Å²) in [4.78, 5) is 36.1. The van der Waals surface area contributed by atoms with Gasteiger partial charge in [0.1, 0.15) is 0 Å². The van der Waals surface area contributed by atoms with Crippen LogP contribution in [0.5, 0.6) is 0 Å². The number of benzene rings is 2. The molecule has 7 nitrogen and oxygen atoms in total.